The average Bonchev–Trinajstić information content (AvgIpc) is 3.24. The molecule has 1 fully saturated rings. The lowest BCUT2D eigenvalue weighted by atomic mass is 10.1. The molecule has 2 aromatic heterocycles. The molecule has 1 aromatic carbocycles. The number of hydrazone groups is 1. The van der Waals surface area contributed by atoms with Crippen LogP contribution in [0.2, 0.25) is 0 Å². The number of rotatable bonds is 6. The SMILES string of the molecule is Cl.Fc1ccc(Nc2nc(N/N=C\c3ccco3)nc(N3CCCCC3)n2)cc1. The molecule has 3 aromatic rings. The fourth-order valence-electron chi connectivity index (χ4n) is 2.89. The molecule has 3 heterocycles. The first-order valence-corrected chi connectivity index (χ1v) is 9.12. The number of anilines is 4. The van der Waals surface area contributed by atoms with Crippen LogP contribution >= 0.6 is 12.4 Å². The van der Waals surface area contributed by atoms with E-state index in [1.54, 1.807) is 30.5 Å². The van der Waals surface area contributed by atoms with Crippen LogP contribution in [0.15, 0.2) is 52.2 Å². The molecule has 0 bridgehead atoms. The first-order chi connectivity index (χ1) is 13.8. The molecule has 0 saturated carbocycles. The van der Waals surface area contributed by atoms with E-state index in [-0.39, 0.29) is 18.2 Å². The van der Waals surface area contributed by atoms with Crippen LogP contribution in [-0.4, -0.2) is 34.3 Å². The fourth-order valence-corrected chi connectivity index (χ4v) is 2.89. The van der Waals surface area contributed by atoms with Crippen LogP contribution in [0.5, 0.6) is 0 Å². The summed E-state index contributed by atoms with van der Waals surface area (Å²) >= 11 is 0. The van der Waals surface area contributed by atoms with Crippen molar-refractivity contribution in [2.24, 2.45) is 5.10 Å². The molecule has 1 aliphatic rings. The number of benzene rings is 1. The van der Waals surface area contributed by atoms with Crippen molar-refractivity contribution in [2.45, 2.75) is 19.3 Å². The van der Waals surface area contributed by atoms with Gasteiger partial charge in [-0.15, -0.1) is 12.4 Å². The Hall–Kier alpha value is -3.20. The minimum absolute atomic E-state index is 0. The predicted molar refractivity (Wildman–Crippen MR) is 113 cm³/mol. The van der Waals surface area contributed by atoms with E-state index in [1.807, 2.05) is 0 Å². The molecule has 0 radical (unpaired) electrons. The molecule has 152 valence electrons. The monoisotopic (exact) mass is 417 g/mol. The van der Waals surface area contributed by atoms with E-state index in [0.29, 0.717) is 29.3 Å². The Morgan fingerprint density at radius 2 is 1.76 bits per heavy atom. The summed E-state index contributed by atoms with van der Waals surface area (Å²) in [6.45, 7) is 1.80. The third-order valence-corrected chi connectivity index (χ3v) is 4.26. The highest BCUT2D eigenvalue weighted by molar-refractivity contribution is 5.85. The van der Waals surface area contributed by atoms with E-state index in [1.165, 1.54) is 24.8 Å². The Morgan fingerprint density at radius 1 is 1.00 bits per heavy atom. The van der Waals surface area contributed by atoms with E-state index >= 15 is 0 Å². The lowest BCUT2D eigenvalue weighted by Gasteiger charge is -2.26. The number of nitrogens with zero attached hydrogens (tertiary/aromatic N) is 5. The van der Waals surface area contributed by atoms with Gasteiger partial charge in [0.2, 0.25) is 17.8 Å². The number of halogens is 2. The minimum atomic E-state index is -0.301. The van der Waals surface area contributed by atoms with Gasteiger partial charge < -0.3 is 14.6 Å². The molecule has 4 rings (SSSR count). The Kier molecular flexibility index (Phi) is 6.96. The second-order valence-corrected chi connectivity index (χ2v) is 6.35. The van der Waals surface area contributed by atoms with Gasteiger partial charge in [-0.1, -0.05) is 0 Å². The molecule has 8 nitrogen and oxygen atoms in total. The summed E-state index contributed by atoms with van der Waals surface area (Å²) in [5, 5.41) is 7.20. The van der Waals surface area contributed by atoms with Gasteiger partial charge in [-0.3, -0.25) is 0 Å². The van der Waals surface area contributed by atoms with Crippen molar-refractivity contribution in [3.05, 3.63) is 54.2 Å². The number of aromatic nitrogens is 3. The van der Waals surface area contributed by atoms with Gasteiger partial charge in [0.15, 0.2) is 0 Å². The van der Waals surface area contributed by atoms with E-state index < -0.39 is 0 Å². The summed E-state index contributed by atoms with van der Waals surface area (Å²) in [6, 6.07) is 9.58. The molecule has 0 aliphatic carbocycles. The number of nitrogens with one attached hydrogen (secondary N) is 2. The summed E-state index contributed by atoms with van der Waals surface area (Å²) in [5.74, 6) is 1.56. The Bertz CT molecular complexity index is 928. The molecule has 1 aliphatic heterocycles. The number of furan rings is 1. The molecular weight excluding hydrogens is 397 g/mol. The van der Waals surface area contributed by atoms with Crippen LogP contribution in [-0.2, 0) is 0 Å². The highest BCUT2D eigenvalue weighted by atomic mass is 35.5. The van der Waals surface area contributed by atoms with Gasteiger partial charge >= 0.3 is 0 Å². The summed E-state index contributed by atoms with van der Waals surface area (Å²) in [5.41, 5.74) is 3.50. The lowest BCUT2D eigenvalue weighted by molar-refractivity contribution is 0.560. The highest BCUT2D eigenvalue weighted by Crippen LogP contribution is 2.21. The zero-order valence-electron chi connectivity index (χ0n) is 15.6. The third-order valence-electron chi connectivity index (χ3n) is 4.26. The molecular formula is C19H21ClFN7O. The quantitative estimate of drug-likeness (QED) is 0.458. The fraction of sp³-hybridized carbons (Fsp3) is 0.263. The van der Waals surface area contributed by atoms with Crippen molar-refractivity contribution in [2.75, 3.05) is 28.7 Å². The zero-order chi connectivity index (χ0) is 19.2. The van der Waals surface area contributed by atoms with Crippen LogP contribution in [0, 0.1) is 5.82 Å². The van der Waals surface area contributed by atoms with Crippen molar-refractivity contribution in [3.8, 4) is 0 Å². The number of piperidine rings is 1. The second-order valence-electron chi connectivity index (χ2n) is 6.35. The Labute approximate surface area is 173 Å². The van der Waals surface area contributed by atoms with Crippen LogP contribution < -0.4 is 15.6 Å². The molecule has 29 heavy (non-hydrogen) atoms. The van der Waals surface area contributed by atoms with Crippen molar-refractivity contribution in [1.29, 1.82) is 0 Å². The summed E-state index contributed by atoms with van der Waals surface area (Å²) in [4.78, 5) is 15.5. The van der Waals surface area contributed by atoms with E-state index in [0.717, 1.165) is 25.9 Å². The maximum absolute atomic E-state index is 13.1. The van der Waals surface area contributed by atoms with E-state index in [4.69, 9.17) is 4.42 Å². The topological polar surface area (TPSA) is 91.5 Å². The van der Waals surface area contributed by atoms with Gasteiger partial charge in [0.05, 0.1) is 12.5 Å². The van der Waals surface area contributed by atoms with Gasteiger partial charge in [-0.05, 0) is 55.7 Å². The van der Waals surface area contributed by atoms with Crippen molar-refractivity contribution < 1.29 is 8.81 Å². The molecule has 2 N–H and O–H groups in total. The largest absolute Gasteiger partial charge is 0.463 e. The van der Waals surface area contributed by atoms with E-state index in [9.17, 15) is 4.39 Å². The maximum Gasteiger partial charge on any atom is 0.250 e. The number of hydrogen-bond donors (Lipinski definition) is 2. The van der Waals surface area contributed by atoms with Gasteiger partial charge in [-0.25, -0.2) is 9.82 Å². The highest BCUT2D eigenvalue weighted by Gasteiger charge is 2.16. The van der Waals surface area contributed by atoms with Crippen molar-refractivity contribution in [1.82, 2.24) is 15.0 Å². The molecule has 0 spiro atoms. The number of hydrogen-bond acceptors (Lipinski definition) is 8. The molecule has 10 heteroatoms. The zero-order valence-corrected chi connectivity index (χ0v) is 16.4. The van der Waals surface area contributed by atoms with Gasteiger partial charge in [0.25, 0.3) is 0 Å². The predicted octanol–water partition coefficient (Wildman–Crippen LogP) is 4.21. The minimum Gasteiger partial charge on any atom is -0.463 e. The van der Waals surface area contributed by atoms with Crippen molar-refractivity contribution in [3.63, 3.8) is 0 Å². The maximum atomic E-state index is 13.1. The first kappa shape index (κ1) is 20.5. The van der Waals surface area contributed by atoms with Crippen LogP contribution in [0.1, 0.15) is 25.0 Å². The molecule has 0 unspecified atom stereocenters. The molecule has 0 atom stereocenters. The first-order valence-electron chi connectivity index (χ1n) is 9.12. The lowest BCUT2D eigenvalue weighted by Crippen LogP contribution is -2.31. The molecule has 1 saturated heterocycles. The standard InChI is InChI=1S/C19H20FN7O.ClH/c20-14-6-8-15(9-7-14)22-17-23-18(26-21-13-16-5-4-12-28-16)25-19(24-17)27-10-2-1-3-11-27;/h4-9,12-13H,1-3,10-11H2,(H2,22,23,24,25,26);1H/b21-13-;. The van der Waals surface area contributed by atoms with Crippen LogP contribution in [0.25, 0.3) is 0 Å². The average molecular weight is 418 g/mol. The third kappa shape index (κ3) is 5.64. The van der Waals surface area contributed by atoms with Crippen LogP contribution in [0.4, 0.5) is 27.9 Å². The normalized spacial score (nSPS) is 13.9. The van der Waals surface area contributed by atoms with Gasteiger partial charge in [-0.2, -0.15) is 20.1 Å². The van der Waals surface area contributed by atoms with Gasteiger partial charge in [0.1, 0.15) is 11.6 Å². The second kappa shape index (κ2) is 9.83. The van der Waals surface area contributed by atoms with Crippen LogP contribution in [0.3, 0.4) is 0 Å². The van der Waals surface area contributed by atoms with Gasteiger partial charge in [0, 0.05) is 18.8 Å². The summed E-state index contributed by atoms with van der Waals surface area (Å²) in [6.07, 6.45) is 6.53. The molecule has 0 amide bonds. The smallest absolute Gasteiger partial charge is 0.250 e. The van der Waals surface area contributed by atoms with E-state index in [2.05, 4.69) is 35.7 Å². The summed E-state index contributed by atoms with van der Waals surface area (Å²) < 4.78 is 18.4. The Balaban J connectivity index is 0.00000240. The summed E-state index contributed by atoms with van der Waals surface area (Å²) in [7, 11) is 0. The Morgan fingerprint density at radius 3 is 2.48 bits per heavy atom. The van der Waals surface area contributed by atoms with Crippen molar-refractivity contribution >= 4 is 42.2 Å².